The number of urea groups is 1. The summed E-state index contributed by atoms with van der Waals surface area (Å²) in [6.45, 7) is 1.91. The predicted molar refractivity (Wildman–Crippen MR) is 99.1 cm³/mol. The van der Waals surface area contributed by atoms with Gasteiger partial charge in [-0.15, -0.1) is 0 Å². The fourth-order valence-electron chi connectivity index (χ4n) is 2.95. The topological polar surface area (TPSA) is 96.9 Å². The molecule has 7 nitrogen and oxygen atoms in total. The Balaban J connectivity index is 2.18. The molecule has 0 aromatic heterocycles. The molecule has 3 rings (SSSR count). The lowest BCUT2D eigenvalue weighted by molar-refractivity contribution is -0.138. The molecule has 27 heavy (non-hydrogen) atoms. The molecule has 1 atom stereocenters. The molecule has 7 heteroatoms. The van der Waals surface area contributed by atoms with Gasteiger partial charge in [0.25, 0.3) is 0 Å². The van der Waals surface area contributed by atoms with E-state index in [9.17, 15) is 14.7 Å². The summed E-state index contributed by atoms with van der Waals surface area (Å²) in [5.41, 5.74) is 1.92. The molecule has 1 aliphatic rings. The average Bonchev–Trinajstić information content (AvgIpc) is 2.68. The second kappa shape index (κ2) is 7.82. The molecular formula is C20H20N2O5. The Bertz CT molecular complexity index is 893. The first-order valence-electron chi connectivity index (χ1n) is 8.46. The van der Waals surface area contributed by atoms with Crippen LogP contribution < -0.4 is 15.4 Å². The molecule has 0 aliphatic carbocycles. The highest BCUT2D eigenvalue weighted by Crippen LogP contribution is 2.35. The van der Waals surface area contributed by atoms with Crippen LogP contribution in [0.3, 0.4) is 0 Å². The lowest BCUT2D eigenvalue weighted by Crippen LogP contribution is -2.45. The average molecular weight is 368 g/mol. The van der Waals surface area contributed by atoms with Crippen LogP contribution in [-0.2, 0) is 9.53 Å². The van der Waals surface area contributed by atoms with E-state index in [2.05, 4.69) is 10.6 Å². The molecule has 2 amide bonds. The van der Waals surface area contributed by atoms with Crippen LogP contribution in [0.15, 0.2) is 54.1 Å². The number of amides is 2. The third-order valence-corrected chi connectivity index (χ3v) is 4.17. The minimum Gasteiger partial charge on any atom is -0.504 e. The number of hydrogen-bond donors (Lipinski definition) is 3. The van der Waals surface area contributed by atoms with Crippen molar-refractivity contribution in [2.45, 2.75) is 13.0 Å². The first-order valence-corrected chi connectivity index (χ1v) is 8.46. The van der Waals surface area contributed by atoms with Crippen molar-refractivity contribution < 1.29 is 24.2 Å². The Morgan fingerprint density at radius 3 is 2.59 bits per heavy atom. The third kappa shape index (κ3) is 3.72. The van der Waals surface area contributed by atoms with Gasteiger partial charge in [0.2, 0.25) is 0 Å². The molecule has 1 aliphatic heterocycles. The Morgan fingerprint density at radius 2 is 1.93 bits per heavy atom. The van der Waals surface area contributed by atoms with Crippen molar-refractivity contribution in [3.05, 3.63) is 65.2 Å². The maximum atomic E-state index is 12.7. The number of phenolic OH excluding ortho intramolecular Hbond substituents is 1. The molecular weight excluding hydrogens is 348 g/mol. The summed E-state index contributed by atoms with van der Waals surface area (Å²) in [5, 5.41) is 15.3. The Kier molecular flexibility index (Phi) is 5.30. The molecule has 0 bridgehead atoms. The first kappa shape index (κ1) is 18.3. The number of nitrogens with one attached hydrogen (secondary N) is 2. The number of ether oxygens (including phenoxy) is 2. The van der Waals surface area contributed by atoms with Gasteiger partial charge in [0.15, 0.2) is 11.5 Å². The van der Waals surface area contributed by atoms with E-state index in [1.54, 1.807) is 31.2 Å². The molecule has 2 aromatic rings. The monoisotopic (exact) mass is 368 g/mol. The molecule has 0 saturated heterocycles. The number of phenols is 1. The van der Waals surface area contributed by atoms with Gasteiger partial charge in [-0.05, 0) is 30.2 Å². The summed E-state index contributed by atoms with van der Waals surface area (Å²) in [4.78, 5) is 25.0. The fraction of sp³-hybridized carbons (Fsp3) is 0.200. The van der Waals surface area contributed by atoms with Crippen molar-refractivity contribution >= 4 is 17.7 Å². The van der Waals surface area contributed by atoms with Gasteiger partial charge in [0, 0.05) is 0 Å². The lowest BCUT2D eigenvalue weighted by Gasteiger charge is -2.29. The van der Waals surface area contributed by atoms with Gasteiger partial charge in [0.1, 0.15) is 0 Å². The van der Waals surface area contributed by atoms with Crippen LogP contribution in [0, 0.1) is 0 Å². The number of benzene rings is 2. The summed E-state index contributed by atoms with van der Waals surface area (Å²) < 4.78 is 10.4. The number of rotatable bonds is 5. The summed E-state index contributed by atoms with van der Waals surface area (Å²) in [6.07, 6.45) is 0. The van der Waals surface area contributed by atoms with E-state index in [1.165, 1.54) is 13.2 Å². The normalized spacial score (nSPS) is 16.4. The lowest BCUT2D eigenvalue weighted by atomic mass is 9.92. The van der Waals surface area contributed by atoms with Gasteiger partial charge in [-0.25, -0.2) is 9.59 Å². The quantitative estimate of drug-likeness (QED) is 0.705. The Labute approximate surface area is 156 Å². The minimum absolute atomic E-state index is 0.0357. The SMILES string of the molecule is CCOC(=O)C1=C(c2ccccc2)NC(=O)N[C@H]1c1ccc(O)c(OC)c1. The summed E-state index contributed by atoms with van der Waals surface area (Å²) >= 11 is 0. The maximum Gasteiger partial charge on any atom is 0.338 e. The van der Waals surface area contributed by atoms with Crippen LogP contribution in [-0.4, -0.2) is 30.8 Å². The van der Waals surface area contributed by atoms with E-state index in [0.29, 0.717) is 16.8 Å². The number of aromatic hydroxyl groups is 1. The molecule has 0 unspecified atom stereocenters. The zero-order valence-electron chi connectivity index (χ0n) is 15.0. The van der Waals surface area contributed by atoms with Gasteiger partial charge >= 0.3 is 12.0 Å². The second-order valence-electron chi connectivity index (χ2n) is 5.84. The van der Waals surface area contributed by atoms with E-state index in [-0.39, 0.29) is 23.7 Å². The first-order chi connectivity index (χ1) is 13.0. The highest BCUT2D eigenvalue weighted by atomic mass is 16.5. The standard InChI is InChI=1S/C20H20N2O5/c1-3-27-19(24)16-17(12-7-5-4-6-8-12)21-20(25)22-18(16)13-9-10-14(23)15(11-13)26-2/h4-11,18,23H,3H2,1-2H3,(H2,21,22,25)/t18-/m0/s1. The molecule has 0 fully saturated rings. The third-order valence-electron chi connectivity index (χ3n) is 4.17. The van der Waals surface area contributed by atoms with Crippen molar-refractivity contribution in [1.29, 1.82) is 0 Å². The Hall–Kier alpha value is -3.48. The molecule has 1 heterocycles. The van der Waals surface area contributed by atoms with Gasteiger partial charge in [-0.1, -0.05) is 36.4 Å². The summed E-state index contributed by atoms with van der Waals surface area (Å²) in [7, 11) is 1.43. The Morgan fingerprint density at radius 1 is 1.19 bits per heavy atom. The van der Waals surface area contributed by atoms with E-state index >= 15 is 0 Å². The van der Waals surface area contributed by atoms with Crippen LogP contribution in [0.5, 0.6) is 11.5 Å². The number of hydrogen-bond acceptors (Lipinski definition) is 5. The van der Waals surface area contributed by atoms with Gasteiger partial charge in [-0.2, -0.15) is 0 Å². The van der Waals surface area contributed by atoms with Crippen LogP contribution in [0.4, 0.5) is 4.79 Å². The molecule has 140 valence electrons. The van der Waals surface area contributed by atoms with Crippen molar-refractivity contribution in [2.75, 3.05) is 13.7 Å². The van der Waals surface area contributed by atoms with Crippen LogP contribution in [0.1, 0.15) is 24.1 Å². The van der Waals surface area contributed by atoms with E-state index in [1.807, 2.05) is 18.2 Å². The van der Waals surface area contributed by atoms with Gasteiger partial charge in [-0.3, -0.25) is 0 Å². The van der Waals surface area contributed by atoms with E-state index in [4.69, 9.17) is 9.47 Å². The zero-order valence-corrected chi connectivity index (χ0v) is 15.0. The van der Waals surface area contributed by atoms with Crippen LogP contribution in [0.25, 0.3) is 5.70 Å². The minimum atomic E-state index is -0.762. The molecule has 2 aromatic carbocycles. The molecule has 3 N–H and O–H groups in total. The van der Waals surface area contributed by atoms with Crippen molar-refractivity contribution in [2.24, 2.45) is 0 Å². The molecule has 0 spiro atoms. The van der Waals surface area contributed by atoms with E-state index < -0.39 is 18.0 Å². The van der Waals surface area contributed by atoms with Gasteiger partial charge in [0.05, 0.1) is 31.0 Å². The smallest absolute Gasteiger partial charge is 0.338 e. The highest BCUT2D eigenvalue weighted by molar-refractivity contribution is 6.04. The number of carbonyl (C=O) groups excluding carboxylic acids is 2. The van der Waals surface area contributed by atoms with E-state index in [0.717, 1.165) is 0 Å². The maximum absolute atomic E-state index is 12.7. The second-order valence-corrected chi connectivity index (χ2v) is 5.84. The predicted octanol–water partition coefficient (Wildman–Crippen LogP) is 2.73. The number of carbonyl (C=O) groups is 2. The summed E-state index contributed by atoms with van der Waals surface area (Å²) in [5.74, 6) is -0.336. The largest absolute Gasteiger partial charge is 0.504 e. The number of methoxy groups -OCH3 is 1. The summed E-state index contributed by atoms with van der Waals surface area (Å²) in [6, 6.07) is 12.5. The van der Waals surface area contributed by atoms with Crippen molar-refractivity contribution in [1.82, 2.24) is 10.6 Å². The van der Waals surface area contributed by atoms with Crippen molar-refractivity contribution in [3.63, 3.8) is 0 Å². The number of esters is 1. The van der Waals surface area contributed by atoms with Crippen molar-refractivity contribution in [3.8, 4) is 11.5 Å². The fourth-order valence-corrected chi connectivity index (χ4v) is 2.95. The molecule has 0 radical (unpaired) electrons. The zero-order chi connectivity index (χ0) is 19.4. The van der Waals surface area contributed by atoms with Crippen LogP contribution in [0.2, 0.25) is 0 Å². The van der Waals surface area contributed by atoms with Gasteiger partial charge < -0.3 is 25.2 Å². The van der Waals surface area contributed by atoms with Crippen LogP contribution >= 0.6 is 0 Å². The highest BCUT2D eigenvalue weighted by Gasteiger charge is 2.34. The molecule has 0 saturated carbocycles.